The smallest absolute Gasteiger partial charge is 0.259 e. The topological polar surface area (TPSA) is 73.2 Å². The van der Waals surface area contributed by atoms with Gasteiger partial charge in [-0.3, -0.25) is 4.68 Å². The van der Waals surface area contributed by atoms with Gasteiger partial charge in [-0.2, -0.15) is 5.10 Å². The molecular formula is C8H13BrClN3O3S. The van der Waals surface area contributed by atoms with E-state index in [0.717, 1.165) is 0 Å². The van der Waals surface area contributed by atoms with Crippen molar-refractivity contribution in [2.45, 2.75) is 9.85 Å². The van der Waals surface area contributed by atoms with Crippen molar-refractivity contribution < 1.29 is 13.2 Å². The second kappa shape index (κ2) is 6.14. The summed E-state index contributed by atoms with van der Waals surface area (Å²) >= 11 is 9.05. The second-order valence-electron chi connectivity index (χ2n) is 3.33. The third-order valence-corrected chi connectivity index (χ3v) is 4.46. The van der Waals surface area contributed by atoms with Crippen LogP contribution in [0.2, 0.25) is 5.02 Å². The van der Waals surface area contributed by atoms with Crippen LogP contribution in [0, 0.1) is 0 Å². The highest BCUT2D eigenvalue weighted by Crippen LogP contribution is 2.19. The molecule has 1 N–H and O–H groups in total. The predicted octanol–water partition coefficient (Wildman–Crippen LogP) is 0.762. The standard InChI is InChI=1S/C8H13BrClN3O3S/c1-13-8(7(10)4-11-13)17(14,15)12-3-6(9)5-16-2/h4,6,12H,3,5H2,1-2H3. The molecule has 1 rings (SSSR count). The summed E-state index contributed by atoms with van der Waals surface area (Å²) in [6.07, 6.45) is 1.29. The van der Waals surface area contributed by atoms with Gasteiger partial charge < -0.3 is 4.74 Å². The molecular weight excluding hydrogens is 334 g/mol. The van der Waals surface area contributed by atoms with Crippen molar-refractivity contribution in [3.8, 4) is 0 Å². The van der Waals surface area contributed by atoms with Gasteiger partial charge >= 0.3 is 0 Å². The van der Waals surface area contributed by atoms with Crippen molar-refractivity contribution in [3.63, 3.8) is 0 Å². The molecule has 0 saturated carbocycles. The molecule has 1 heterocycles. The lowest BCUT2D eigenvalue weighted by atomic mass is 10.5. The van der Waals surface area contributed by atoms with Gasteiger partial charge in [0.1, 0.15) is 0 Å². The van der Waals surface area contributed by atoms with Crippen molar-refractivity contribution >= 4 is 37.6 Å². The minimum atomic E-state index is -3.66. The molecule has 1 aromatic rings. The Morgan fingerprint density at radius 1 is 1.71 bits per heavy atom. The number of ether oxygens (including phenoxy) is 1. The molecule has 0 bridgehead atoms. The molecule has 1 unspecified atom stereocenters. The van der Waals surface area contributed by atoms with Gasteiger partial charge in [-0.25, -0.2) is 13.1 Å². The van der Waals surface area contributed by atoms with Crippen LogP contribution in [-0.2, 0) is 21.8 Å². The maximum Gasteiger partial charge on any atom is 0.259 e. The number of hydrogen-bond acceptors (Lipinski definition) is 4. The van der Waals surface area contributed by atoms with Crippen LogP contribution >= 0.6 is 27.5 Å². The zero-order chi connectivity index (χ0) is 13.1. The molecule has 0 aliphatic heterocycles. The summed E-state index contributed by atoms with van der Waals surface area (Å²) in [6, 6.07) is 0. The lowest BCUT2D eigenvalue weighted by Crippen LogP contribution is -2.32. The number of nitrogens with zero attached hydrogens (tertiary/aromatic N) is 2. The fourth-order valence-electron chi connectivity index (χ4n) is 1.21. The molecule has 6 nitrogen and oxygen atoms in total. The van der Waals surface area contributed by atoms with E-state index >= 15 is 0 Å². The number of hydrogen-bond donors (Lipinski definition) is 1. The molecule has 0 aromatic carbocycles. The normalized spacial score (nSPS) is 13.9. The first-order chi connectivity index (χ1) is 7.88. The maximum atomic E-state index is 11.9. The largest absolute Gasteiger partial charge is 0.383 e. The lowest BCUT2D eigenvalue weighted by Gasteiger charge is -2.11. The summed E-state index contributed by atoms with van der Waals surface area (Å²) in [4.78, 5) is -0.103. The Labute approximate surface area is 113 Å². The zero-order valence-corrected chi connectivity index (χ0v) is 12.5. The van der Waals surface area contributed by atoms with E-state index in [1.165, 1.54) is 17.9 Å². The van der Waals surface area contributed by atoms with Crippen LogP contribution in [0.3, 0.4) is 0 Å². The highest BCUT2D eigenvalue weighted by molar-refractivity contribution is 9.09. The first-order valence-corrected chi connectivity index (χ1v) is 7.46. The number of aryl methyl sites for hydroxylation is 1. The Balaban J connectivity index is 2.76. The van der Waals surface area contributed by atoms with Gasteiger partial charge in [0.05, 0.1) is 22.7 Å². The van der Waals surface area contributed by atoms with Crippen molar-refractivity contribution in [2.75, 3.05) is 20.3 Å². The van der Waals surface area contributed by atoms with E-state index in [9.17, 15) is 8.42 Å². The Morgan fingerprint density at radius 2 is 2.35 bits per heavy atom. The maximum absolute atomic E-state index is 11.9. The fourth-order valence-corrected chi connectivity index (χ4v) is 3.58. The Kier molecular flexibility index (Phi) is 5.39. The zero-order valence-electron chi connectivity index (χ0n) is 9.35. The van der Waals surface area contributed by atoms with Gasteiger partial charge in [-0.15, -0.1) is 0 Å². The van der Waals surface area contributed by atoms with Gasteiger partial charge in [0.2, 0.25) is 0 Å². The third-order valence-electron chi connectivity index (χ3n) is 1.94. The number of halogens is 2. The summed E-state index contributed by atoms with van der Waals surface area (Å²) in [6.45, 7) is 0.610. The number of rotatable bonds is 6. The van der Waals surface area contributed by atoms with E-state index in [4.69, 9.17) is 16.3 Å². The molecule has 1 atom stereocenters. The molecule has 0 fully saturated rings. The van der Waals surface area contributed by atoms with Crippen molar-refractivity contribution in [2.24, 2.45) is 7.05 Å². The van der Waals surface area contributed by atoms with Crippen LogP contribution in [0.25, 0.3) is 0 Å². The molecule has 9 heteroatoms. The van der Waals surface area contributed by atoms with E-state index in [1.807, 2.05) is 0 Å². The summed E-state index contributed by atoms with van der Waals surface area (Å²) in [5.41, 5.74) is 0. The third kappa shape index (κ3) is 3.92. The molecule has 0 aliphatic rings. The summed E-state index contributed by atoms with van der Waals surface area (Å²) in [5, 5.41) is 3.83. The molecule has 1 aromatic heterocycles. The lowest BCUT2D eigenvalue weighted by molar-refractivity contribution is 0.201. The minimum Gasteiger partial charge on any atom is -0.383 e. The molecule has 98 valence electrons. The predicted molar refractivity (Wildman–Crippen MR) is 68.0 cm³/mol. The van der Waals surface area contributed by atoms with Gasteiger partial charge in [0.15, 0.2) is 5.03 Å². The van der Waals surface area contributed by atoms with Gasteiger partial charge in [-0.1, -0.05) is 27.5 Å². The number of alkyl halides is 1. The molecule has 0 radical (unpaired) electrons. The number of methoxy groups -OCH3 is 1. The number of nitrogens with one attached hydrogen (secondary N) is 1. The SMILES string of the molecule is COCC(Br)CNS(=O)(=O)c1c(Cl)cnn1C. The summed E-state index contributed by atoms with van der Waals surface area (Å²) in [7, 11) is -0.601. The van der Waals surface area contributed by atoms with Crippen LogP contribution in [0.15, 0.2) is 11.2 Å². The molecule has 0 amide bonds. The van der Waals surface area contributed by atoms with E-state index in [2.05, 4.69) is 25.8 Å². The Bertz CT molecular complexity index is 457. The van der Waals surface area contributed by atoms with Gasteiger partial charge in [0.25, 0.3) is 10.0 Å². The van der Waals surface area contributed by atoms with Crippen LogP contribution in [0.5, 0.6) is 0 Å². The molecule has 17 heavy (non-hydrogen) atoms. The van der Waals surface area contributed by atoms with E-state index < -0.39 is 10.0 Å². The van der Waals surface area contributed by atoms with E-state index in [0.29, 0.717) is 6.61 Å². The average Bonchev–Trinajstić information content (AvgIpc) is 2.57. The molecule has 0 aliphatic carbocycles. The number of aromatic nitrogens is 2. The van der Waals surface area contributed by atoms with Gasteiger partial charge in [0, 0.05) is 20.7 Å². The highest BCUT2D eigenvalue weighted by atomic mass is 79.9. The quantitative estimate of drug-likeness (QED) is 0.772. The van der Waals surface area contributed by atoms with E-state index in [1.54, 1.807) is 7.11 Å². The van der Waals surface area contributed by atoms with Crippen LogP contribution in [0.1, 0.15) is 0 Å². The van der Waals surface area contributed by atoms with Crippen molar-refractivity contribution in [3.05, 3.63) is 11.2 Å². The minimum absolute atomic E-state index is 0.0451. The van der Waals surface area contributed by atoms with E-state index in [-0.39, 0.29) is 21.4 Å². The fraction of sp³-hybridized carbons (Fsp3) is 0.625. The average molecular weight is 347 g/mol. The number of sulfonamides is 1. The summed E-state index contributed by atoms with van der Waals surface area (Å²) < 4.78 is 32.4. The first kappa shape index (κ1) is 14.9. The Hall–Kier alpha value is -0.150. The highest BCUT2D eigenvalue weighted by Gasteiger charge is 2.23. The van der Waals surface area contributed by atoms with Gasteiger partial charge in [-0.05, 0) is 0 Å². The van der Waals surface area contributed by atoms with Crippen LogP contribution < -0.4 is 4.72 Å². The van der Waals surface area contributed by atoms with Crippen LogP contribution in [0.4, 0.5) is 0 Å². The first-order valence-electron chi connectivity index (χ1n) is 4.68. The monoisotopic (exact) mass is 345 g/mol. The van der Waals surface area contributed by atoms with Crippen molar-refractivity contribution in [1.82, 2.24) is 14.5 Å². The van der Waals surface area contributed by atoms with Crippen LogP contribution in [-0.4, -0.2) is 43.3 Å². The van der Waals surface area contributed by atoms with Crippen molar-refractivity contribution in [1.29, 1.82) is 0 Å². The summed E-state index contributed by atoms with van der Waals surface area (Å²) in [5.74, 6) is 0. The second-order valence-corrected chi connectivity index (χ2v) is 6.71. The Morgan fingerprint density at radius 3 is 2.82 bits per heavy atom. The molecule has 0 spiro atoms. The molecule has 0 saturated heterocycles.